The topological polar surface area (TPSA) is 83.2 Å². The molecule has 19 heavy (non-hydrogen) atoms. The van der Waals surface area contributed by atoms with Crippen molar-refractivity contribution in [3.8, 4) is 17.7 Å². The van der Waals surface area contributed by atoms with Crippen LogP contribution in [0.5, 0.6) is 11.6 Å². The molecule has 1 N–H and O–H groups in total. The first-order chi connectivity index (χ1) is 9.10. The van der Waals surface area contributed by atoms with Gasteiger partial charge in [-0.05, 0) is 24.3 Å². The quantitative estimate of drug-likeness (QED) is 0.930. The fourth-order valence-corrected chi connectivity index (χ4v) is 1.58. The second-order valence-electron chi connectivity index (χ2n) is 3.54. The monoisotopic (exact) mass is 274 g/mol. The van der Waals surface area contributed by atoms with Gasteiger partial charge in [-0.3, -0.25) is 0 Å². The largest absolute Gasteiger partial charge is 0.478 e. The molecule has 0 saturated heterocycles. The molecule has 5 nitrogen and oxygen atoms in total. The van der Waals surface area contributed by atoms with Gasteiger partial charge in [0, 0.05) is 17.3 Å². The van der Waals surface area contributed by atoms with Gasteiger partial charge < -0.3 is 9.84 Å². The first-order valence-corrected chi connectivity index (χ1v) is 5.55. The third kappa shape index (κ3) is 3.00. The molecule has 0 atom stereocenters. The minimum atomic E-state index is -1.16. The maximum Gasteiger partial charge on any atom is 0.339 e. The first kappa shape index (κ1) is 12.9. The zero-order valence-corrected chi connectivity index (χ0v) is 10.3. The van der Waals surface area contributed by atoms with Crippen LogP contribution >= 0.6 is 11.6 Å². The predicted molar refractivity (Wildman–Crippen MR) is 67.4 cm³/mol. The number of carbonyl (C=O) groups is 1. The Hall–Kier alpha value is -2.58. The zero-order valence-electron chi connectivity index (χ0n) is 9.50. The molecule has 0 aliphatic carbocycles. The Bertz CT molecular complexity index is 680. The molecule has 0 unspecified atom stereocenters. The number of hydrogen-bond donors (Lipinski definition) is 1. The number of carboxylic acids is 1. The lowest BCUT2D eigenvalue weighted by Gasteiger charge is -2.08. The van der Waals surface area contributed by atoms with Crippen LogP contribution in [0.2, 0.25) is 5.02 Å². The molecule has 0 radical (unpaired) electrons. The van der Waals surface area contributed by atoms with Gasteiger partial charge in [0.2, 0.25) is 5.88 Å². The van der Waals surface area contributed by atoms with Crippen molar-refractivity contribution < 1.29 is 14.6 Å². The summed E-state index contributed by atoms with van der Waals surface area (Å²) in [6, 6.07) is 9.11. The van der Waals surface area contributed by atoms with E-state index in [9.17, 15) is 4.79 Å². The predicted octanol–water partition coefficient (Wildman–Crippen LogP) is 3.10. The van der Waals surface area contributed by atoms with Gasteiger partial charge in [0.15, 0.2) is 0 Å². The molecule has 0 saturated carbocycles. The van der Waals surface area contributed by atoms with Crippen molar-refractivity contribution in [3.05, 3.63) is 52.7 Å². The molecular weight excluding hydrogens is 268 g/mol. The van der Waals surface area contributed by atoms with E-state index in [0.717, 1.165) is 0 Å². The highest BCUT2D eigenvalue weighted by molar-refractivity contribution is 6.31. The zero-order chi connectivity index (χ0) is 13.8. The highest BCUT2D eigenvalue weighted by Crippen LogP contribution is 2.27. The minimum absolute atomic E-state index is 0.0725. The normalized spacial score (nSPS) is 9.68. The number of pyridine rings is 1. The SMILES string of the molecule is N#Cc1ccnc(Oc2ccc(Cl)cc2C(=O)O)c1. The second kappa shape index (κ2) is 5.38. The third-order valence-electron chi connectivity index (χ3n) is 2.25. The number of aromatic carboxylic acids is 1. The maximum atomic E-state index is 11.1. The van der Waals surface area contributed by atoms with E-state index in [2.05, 4.69) is 4.98 Å². The van der Waals surface area contributed by atoms with Gasteiger partial charge in [-0.25, -0.2) is 9.78 Å². The van der Waals surface area contributed by atoms with Gasteiger partial charge in [0.1, 0.15) is 11.3 Å². The summed E-state index contributed by atoms with van der Waals surface area (Å²) in [6.45, 7) is 0. The highest BCUT2D eigenvalue weighted by Gasteiger charge is 2.13. The molecule has 1 aromatic heterocycles. The van der Waals surface area contributed by atoms with Gasteiger partial charge in [0.05, 0.1) is 11.6 Å². The average molecular weight is 275 g/mol. The standard InChI is InChI=1S/C13H7ClN2O3/c14-9-1-2-11(10(6-9)13(17)18)19-12-5-8(7-15)3-4-16-12/h1-6H,(H,17,18). The summed E-state index contributed by atoms with van der Waals surface area (Å²) in [5.74, 6) is -0.905. The molecule has 0 spiro atoms. The number of carboxylic acid groups (broad SMARTS) is 1. The minimum Gasteiger partial charge on any atom is -0.478 e. The van der Waals surface area contributed by atoms with Gasteiger partial charge in [-0.1, -0.05) is 11.6 Å². The fourth-order valence-electron chi connectivity index (χ4n) is 1.41. The summed E-state index contributed by atoms with van der Waals surface area (Å²) in [5, 5.41) is 18.1. The van der Waals surface area contributed by atoms with Crippen LogP contribution in [0.4, 0.5) is 0 Å². The number of rotatable bonds is 3. The molecule has 0 amide bonds. The van der Waals surface area contributed by atoms with Crippen molar-refractivity contribution in [1.82, 2.24) is 4.98 Å². The van der Waals surface area contributed by atoms with Gasteiger partial charge in [-0.15, -0.1) is 0 Å². The summed E-state index contributed by atoms with van der Waals surface area (Å²) >= 11 is 5.73. The van der Waals surface area contributed by atoms with Crippen LogP contribution in [0.15, 0.2) is 36.5 Å². The van der Waals surface area contributed by atoms with Crippen molar-refractivity contribution in [2.45, 2.75) is 0 Å². The number of halogens is 1. The molecule has 0 aliphatic heterocycles. The molecule has 6 heteroatoms. The number of aromatic nitrogens is 1. The summed E-state index contributed by atoms with van der Waals surface area (Å²) in [5.41, 5.74) is 0.299. The van der Waals surface area contributed by atoms with Crippen molar-refractivity contribution in [2.75, 3.05) is 0 Å². The summed E-state index contributed by atoms with van der Waals surface area (Å²) < 4.78 is 5.37. The average Bonchev–Trinajstić information content (AvgIpc) is 2.41. The first-order valence-electron chi connectivity index (χ1n) is 5.17. The van der Waals surface area contributed by atoms with Crippen LogP contribution in [0.3, 0.4) is 0 Å². The fraction of sp³-hybridized carbons (Fsp3) is 0. The van der Waals surface area contributed by atoms with Crippen molar-refractivity contribution in [2.24, 2.45) is 0 Å². The smallest absolute Gasteiger partial charge is 0.339 e. The van der Waals surface area contributed by atoms with E-state index >= 15 is 0 Å². The third-order valence-corrected chi connectivity index (χ3v) is 2.49. The Labute approximate surface area is 113 Å². The lowest BCUT2D eigenvalue weighted by atomic mass is 10.2. The molecule has 2 aromatic rings. The second-order valence-corrected chi connectivity index (χ2v) is 3.98. The summed E-state index contributed by atoms with van der Waals surface area (Å²) in [7, 11) is 0. The van der Waals surface area contributed by atoms with Gasteiger partial charge >= 0.3 is 5.97 Å². The van der Waals surface area contributed by atoms with Crippen LogP contribution < -0.4 is 4.74 Å². The van der Waals surface area contributed by atoms with Crippen LogP contribution in [-0.4, -0.2) is 16.1 Å². The molecule has 1 aromatic carbocycles. The van der Waals surface area contributed by atoms with Crippen molar-refractivity contribution >= 4 is 17.6 Å². The van der Waals surface area contributed by atoms with Crippen molar-refractivity contribution in [1.29, 1.82) is 5.26 Å². The lowest BCUT2D eigenvalue weighted by Crippen LogP contribution is -2.00. The van der Waals surface area contributed by atoms with Crippen LogP contribution in [-0.2, 0) is 0 Å². The highest BCUT2D eigenvalue weighted by atomic mass is 35.5. The van der Waals surface area contributed by atoms with E-state index in [0.29, 0.717) is 10.6 Å². The van der Waals surface area contributed by atoms with E-state index in [4.69, 9.17) is 26.7 Å². The van der Waals surface area contributed by atoms with Crippen LogP contribution in [0.25, 0.3) is 0 Å². The van der Waals surface area contributed by atoms with E-state index in [-0.39, 0.29) is 17.2 Å². The molecular formula is C13H7ClN2O3. The van der Waals surface area contributed by atoms with E-state index in [1.807, 2.05) is 6.07 Å². The number of hydrogen-bond acceptors (Lipinski definition) is 4. The molecule has 94 valence electrons. The van der Waals surface area contributed by atoms with Gasteiger partial charge in [-0.2, -0.15) is 5.26 Å². The Balaban J connectivity index is 2.38. The van der Waals surface area contributed by atoms with E-state index in [1.54, 1.807) is 0 Å². The molecule has 0 bridgehead atoms. The van der Waals surface area contributed by atoms with Gasteiger partial charge in [0.25, 0.3) is 0 Å². The number of nitriles is 1. The van der Waals surface area contributed by atoms with Crippen LogP contribution in [0.1, 0.15) is 15.9 Å². The van der Waals surface area contributed by atoms with E-state index in [1.165, 1.54) is 36.5 Å². The molecule has 0 fully saturated rings. The lowest BCUT2D eigenvalue weighted by molar-refractivity contribution is 0.0694. The molecule has 0 aliphatic rings. The Morgan fingerprint density at radius 3 is 2.84 bits per heavy atom. The Kier molecular flexibility index (Phi) is 3.64. The summed E-state index contributed by atoms with van der Waals surface area (Å²) in [4.78, 5) is 15.0. The molecule has 1 heterocycles. The van der Waals surface area contributed by atoms with E-state index < -0.39 is 5.97 Å². The maximum absolute atomic E-state index is 11.1. The summed E-state index contributed by atoms with van der Waals surface area (Å²) in [6.07, 6.45) is 1.41. The number of nitrogens with zero attached hydrogens (tertiary/aromatic N) is 2. The molecule has 2 rings (SSSR count). The van der Waals surface area contributed by atoms with Crippen LogP contribution in [0, 0.1) is 11.3 Å². The Morgan fingerprint density at radius 2 is 2.16 bits per heavy atom. The Morgan fingerprint density at radius 1 is 1.37 bits per heavy atom. The number of ether oxygens (including phenoxy) is 1. The number of benzene rings is 1. The van der Waals surface area contributed by atoms with Crippen molar-refractivity contribution in [3.63, 3.8) is 0 Å².